The van der Waals surface area contributed by atoms with Gasteiger partial charge in [-0.2, -0.15) is 5.10 Å². The Morgan fingerprint density at radius 1 is 1.33 bits per heavy atom. The molecule has 0 bridgehead atoms. The average Bonchev–Trinajstić information content (AvgIpc) is 2.73. The molecule has 5 heteroatoms. The first-order valence-electron chi connectivity index (χ1n) is 7.21. The van der Waals surface area contributed by atoms with E-state index in [0.29, 0.717) is 0 Å². The molecule has 0 aliphatic heterocycles. The van der Waals surface area contributed by atoms with Crippen molar-refractivity contribution in [2.45, 2.75) is 32.7 Å². The topological polar surface area (TPSA) is 47.1 Å². The summed E-state index contributed by atoms with van der Waals surface area (Å²) < 4.78 is 14.9. The zero-order chi connectivity index (χ0) is 15.6. The molecule has 0 aliphatic rings. The molecule has 2 rings (SSSR count). The van der Waals surface area contributed by atoms with E-state index in [1.54, 1.807) is 12.1 Å². The standard InChI is InChI=1S/C16H23FN4/c1-5-13(18)10-15-11(2)19-21(4)16(15)20(3)14-8-6-12(17)7-9-14/h6-9,13H,5,10,18H2,1-4H3. The number of aryl methyl sites for hydroxylation is 2. The van der Waals surface area contributed by atoms with Crippen molar-refractivity contribution >= 4 is 11.5 Å². The highest BCUT2D eigenvalue weighted by molar-refractivity contribution is 5.63. The molecule has 114 valence electrons. The van der Waals surface area contributed by atoms with Crippen LogP contribution in [-0.4, -0.2) is 22.9 Å². The molecule has 1 atom stereocenters. The highest BCUT2D eigenvalue weighted by Crippen LogP contribution is 2.29. The van der Waals surface area contributed by atoms with Crippen molar-refractivity contribution in [3.63, 3.8) is 0 Å². The molecule has 1 aromatic carbocycles. The number of anilines is 2. The van der Waals surface area contributed by atoms with E-state index >= 15 is 0 Å². The Hall–Kier alpha value is -1.88. The van der Waals surface area contributed by atoms with Gasteiger partial charge in [-0.1, -0.05) is 6.92 Å². The van der Waals surface area contributed by atoms with E-state index in [0.717, 1.165) is 35.6 Å². The normalized spacial score (nSPS) is 12.5. The summed E-state index contributed by atoms with van der Waals surface area (Å²) in [4.78, 5) is 2.02. The third-order valence-electron chi connectivity index (χ3n) is 3.84. The summed E-state index contributed by atoms with van der Waals surface area (Å²) in [6.45, 7) is 4.08. The van der Waals surface area contributed by atoms with Crippen molar-refractivity contribution in [1.82, 2.24) is 9.78 Å². The fourth-order valence-corrected chi connectivity index (χ4v) is 2.54. The van der Waals surface area contributed by atoms with Crippen molar-refractivity contribution in [3.05, 3.63) is 41.3 Å². The van der Waals surface area contributed by atoms with Gasteiger partial charge < -0.3 is 10.6 Å². The predicted molar refractivity (Wildman–Crippen MR) is 84.4 cm³/mol. The maximum absolute atomic E-state index is 13.1. The van der Waals surface area contributed by atoms with Gasteiger partial charge in [-0.05, 0) is 44.0 Å². The Balaban J connectivity index is 2.40. The van der Waals surface area contributed by atoms with E-state index < -0.39 is 0 Å². The van der Waals surface area contributed by atoms with Crippen LogP contribution in [-0.2, 0) is 13.5 Å². The van der Waals surface area contributed by atoms with Crippen LogP contribution < -0.4 is 10.6 Å². The van der Waals surface area contributed by atoms with Crippen LogP contribution in [0.5, 0.6) is 0 Å². The highest BCUT2D eigenvalue weighted by Gasteiger charge is 2.19. The Labute approximate surface area is 125 Å². The highest BCUT2D eigenvalue weighted by atomic mass is 19.1. The molecule has 1 unspecified atom stereocenters. The lowest BCUT2D eigenvalue weighted by molar-refractivity contribution is 0.627. The maximum atomic E-state index is 13.1. The van der Waals surface area contributed by atoms with Crippen molar-refractivity contribution in [2.24, 2.45) is 12.8 Å². The average molecular weight is 290 g/mol. The van der Waals surface area contributed by atoms with Gasteiger partial charge in [-0.15, -0.1) is 0 Å². The van der Waals surface area contributed by atoms with E-state index in [9.17, 15) is 4.39 Å². The lowest BCUT2D eigenvalue weighted by Crippen LogP contribution is -2.23. The Bertz CT molecular complexity index is 603. The molecule has 1 aromatic heterocycles. The van der Waals surface area contributed by atoms with E-state index in [1.807, 2.05) is 30.6 Å². The largest absolute Gasteiger partial charge is 0.329 e. The van der Waals surface area contributed by atoms with Gasteiger partial charge in [0.25, 0.3) is 0 Å². The van der Waals surface area contributed by atoms with E-state index in [4.69, 9.17) is 5.73 Å². The Morgan fingerprint density at radius 2 is 1.95 bits per heavy atom. The Kier molecular flexibility index (Phi) is 4.63. The van der Waals surface area contributed by atoms with Crippen LogP contribution >= 0.6 is 0 Å². The molecule has 2 N–H and O–H groups in total. The lowest BCUT2D eigenvalue weighted by atomic mass is 10.0. The molecule has 0 aliphatic carbocycles. The fourth-order valence-electron chi connectivity index (χ4n) is 2.54. The number of halogens is 1. The summed E-state index contributed by atoms with van der Waals surface area (Å²) in [7, 11) is 3.88. The van der Waals surface area contributed by atoms with Gasteiger partial charge in [-0.3, -0.25) is 4.68 Å². The second-order valence-corrected chi connectivity index (χ2v) is 5.42. The maximum Gasteiger partial charge on any atom is 0.134 e. The number of rotatable bonds is 5. The van der Waals surface area contributed by atoms with E-state index in [-0.39, 0.29) is 11.9 Å². The minimum Gasteiger partial charge on any atom is -0.329 e. The first kappa shape index (κ1) is 15.5. The van der Waals surface area contributed by atoms with Crippen LogP contribution in [0.3, 0.4) is 0 Å². The third-order valence-corrected chi connectivity index (χ3v) is 3.84. The van der Waals surface area contributed by atoms with Crippen molar-refractivity contribution in [1.29, 1.82) is 0 Å². The van der Waals surface area contributed by atoms with Gasteiger partial charge in [0, 0.05) is 31.4 Å². The number of hydrogen-bond donors (Lipinski definition) is 1. The van der Waals surface area contributed by atoms with Crippen molar-refractivity contribution in [3.8, 4) is 0 Å². The summed E-state index contributed by atoms with van der Waals surface area (Å²) in [5, 5.41) is 4.51. The number of hydrogen-bond acceptors (Lipinski definition) is 3. The minimum absolute atomic E-state index is 0.119. The smallest absolute Gasteiger partial charge is 0.134 e. The minimum atomic E-state index is -0.235. The van der Waals surface area contributed by atoms with Crippen LogP contribution in [0.2, 0.25) is 0 Å². The fraction of sp³-hybridized carbons (Fsp3) is 0.438. The first-order chi connectivity index (χ1) is 9.93. The lowest BCUT2D eigenvalue weighted by Gasteiger charge is -2.22. The first-order valence-corrected chi connectivity index (χ1v) is 7.21. The quantitative estimate of drug-likeness (QED) is 0.921. The van der Waals surface area contributed by atoms with Crippen LogP contribution in [0, 0.1) is 12.7 Å². The number of nitrogens with zero attached hydrogens (tertiary/aromatic N) is 3. The summed E-state index contributed by atoms with van der Waals surface area (Å²) >= 11 is 0. The van der Waals surface area contributed by atoms with Gasteiger partial charge in [0.2, 0.25) is 0 Å². The van der Waals surface area contributed by atoms with Gasteiger partial charge in [0.1, 0.15) is 11.6 Å². The zero-order valence-electron chi connectivity index (χ0n) is 13.1. The van der Waals surface area contributed by atoms with E-state index in [1.165, 1.54) is 12.1 Å². The Morgan fingerprint density at radius 3 is 2.52 bits per heavy atom. The summed E-state index contributed by atoms with van der Waals surface area (Å²) in [5.74, 6) is 0.768. The molecule has 0 spiro atoms. The molecule has 21 heavy (non-hydrogen) atoms. The van der Waals surface area contributed by atoms with Crippen molar-refractivity contribution < 1.29 is 4.39 Å². The second kappa shape index (κ2) is 6.26. The molecule has 4 nitrogen and oxygen atoms in total. The van der Waals surface area contributed by atoms with Crippen LogP contribution in [0.4, 0.5) is 15.9 Å². The summed E-state index contributed by atoms with van der Waals surface area (Å²) in [6, 6.07) is 6.58. The molecule has 1 heterocycles. The molecular formula is C16H23FN4. The van der Waals surface area contributed by atoms with Gasteiger partial charge in [0.15, 0.2) is 0 Å². The van der Waals surface area contributed by atoms with Crippen LogP contribution in [0.25, 0.3) is 0 Å². The van der Waals surface area contributed by atoms with E-state index in [2.05, 4.69) is 12.0 Å². The number of nitrogens with two attached hydrogens (primary N) is 1. The van der Waals surface area contributed by atoms with Gasteiger partial charge in [-0.25, -0.2) is 4.39 Å². The summed E-state index contributed by atoms with van der Waals surface area (Å²) in [5.41, 5.74) is 9.17. The van der Waals surface area contributed by atoms with Crippen LogP contribution in [0.15, 0.2) is 24.3 Å². The number of benzene rings is 1. The molecule has 2 aromatic rings. The SMILES string of the molecule is CCC(N)Cc1c(C)nn(C)c1N(C)c1ccc(F)cc1. The van der Waals surface area contributed by atoms with Gasteiger partial charge >= 0.3 is 0 Å². The second-order valence-electron chi connectivity index (χ2n) is 5.42. The predicted octanol–water partition coefficient (Wildman–Crippen LogP) is 2.92. The molecule has 0 fully saturated rings. The molecule has 0 saturated heterocycles. The monoisotopic (exact) mass is 290 g/mol. The number of aromatic nitrogens is 2. The molecule has 0 radical (unpaired) electrons. The zero-order valence-corrected chi connectivity index (χ0v) is 13.1. The molecule has 0 amide bonds. The molecule has 0 saturated carbocycles. The van der Waals surface area contributed by atoms with Crippen molar-refractivity contribution in [2.75, 3.05) is 11.9 Å². The summed E-state index contributed by atoms with van der Waals surface area (Å²) in [6.07, 6.45) is 1.71. The van der Waals surface area contributed by atoms with Crippen LogP contribution in [0.1, 0.15) is 24.6 Å². The third kappa shape index (κ3) is 3.24. The molecular weight excluding hydrogens is 267 g/mol. The van der Waals surface area contributed by atoms with Gasteiger partial charge in [0.05, 0.1) is 5.69 Å².